The minimum absolute atomic E-state index is 0.0671. The highest BCUT2D eigenvalue weighted by atomic mass is 35.5. The van der Waals surface area contributed by atoms with E-state index < -0.39 is 11.5 Å². The highest BCUT2D eigenvalue weighted by Gasteiger charge is 2.15. The van der Waals surface area contributed by atoms with Crippen LogP contribution < -0.4 is 19.5 Å². The fraction of sp³-hybridized carbons (Fsp3) is 0.381. The van der Waals surface area contributed by atoms with Crippen LogP contribution in [0.5, 0.6) is 11.5 Å². The van der Waals surface area contributed by atoms with Gasteiger partial charge in [0.1, 0.15) is 11.2 Å². The second-order valence-corrected chi connectivity index (χ2v) is 7.83. The number of carbonyl (C=O) groups is 2. The monoisotopic (exact) mass is 468 g/mol. The fourth-order valence-corrected chi connectivity index (χ4v) is 4.12. The molecule has 0 aliphatic rings. The number of esters is 1. The van der Waals surface area contributed by atoms with E-state index in [1.54, 1.807) is 17.9 Å². The van der Waals surface area contributed by atoms with Gasteiger partial charge < -0.3 is 19.5 Å². The molecule has 10 heteroatoms. The number of aromatic hydroxyl groups is 1. The predicted molar refractivity (Wildman–Crippen MR) is 120 cm³/mol. The zero-order chi connectivity index (χ0) is 23.1. The average Bonchev–Trinajstić information content (AvgIpc) is 3.00. The Morgan fingerprint density at radius 3 is 2.52 bits per heavy atom. The van der Waals surface area contributed by atoms with Crippen molar-refractivity contribution in [1.82, 2.24) is 9.47 Å². The summed E-state index contributed by atoms with van der Waals surface area (Å²) in [5, 5.41) is 9.97. The van der Waals surface area contributed by atoms with E-state index in [4.69, 9.17) is 21.1 Å². The number of phenolic OH excluding ortho intramolecular Hbond substituents is 1. The summed E-state index contributed by atoms with van der Waals surface area (Å²) in [4.78, 5) is 39.2. The molecule has 168 valence electrons. The lowest BCUT2D eigenvalue weighted by molar-refractivity contribution is -0.135. The largest absolute Gasteiger partial charge is 0.503 e. The maximum atomic E-state index is 13.1. The molecule has 1 N–H and O–H groups in total. The Morgan fingerprint density at radius 2 is 1.94 bits per heavy atom. The van der Waals surface area contributed by atoms with Crippen molar-refractivity contribution in [2.75, 3.05) is 26.8 Å². The molecule has 1 aromatic carbocycles. The molecule has 1 amide bonds. The van der Waals surface area contributed by atoms with Gasteiger partial charge in [-0.3, -0.25) is 14.2 Å². The van der Waals surface area contributed by atoms with Gasteiger partial charge in [0.15, 0.2) is 11.5 Å². The van der Waals surface area contributed by atoms with Crippen LogP contribution in [0.4, 0.5) is 0 Å². The van der Waals surface area contributed by atoms with Crippen molar-refractivity contribution < 1.29 is 24.2 Å². The van der Waals surface area contributed by atoms with Crippen molar-refractivity contribution in [3.05, 3.63) is 42.3 Å². The van der Waals surface area contributed by atoms with Crippen molar-refractivity contribution in [2.24, 2.45) is 0 Å². The van der Waals surface area contributed by atoms with E-state index in [0.29, 0.717) is 23.3 Å². The van der Waals surface area contributed by atoms with Crippen molar-refractivity contribution in [1.29, 1.82) is 0 Å². The van der Waals surface area contributed by atoms with Crippen LogP contribution in [0.3, 0.4) is 0 Å². The van der Waals surface area contributed by atoms with Crippen LogP contribution >= 0.6 is 22.9 Å². The number of rotatable bonds is 8. The van der Waals surface area contributed by atoms with Gasteiger partial charge in [-0.2, -0.15) is 0 Å². The Balaban J connectivity index is 2.65. The van der Waals surface area contributed by atoms with Crippen LogP contribution in [0.2, 0.25) is 5.02 Å². The Bertz CT molecular complexity index is 1130. The Kier molecular flexibility index (Phi) is 8.70. The smallest absolute Gasteiger partial charge is 0.333 e. The zero-order valence-corrected chi connectivity index (χ0v) is 19.4. The normalized spacial score (nSPS) is 12.2. The minimum Gasteiger partial charge on any atom is -0.503 e. The predicted octanol–water partition coefficient (Wildman–Crippen LogP) is 1.32. The molecule has 0 atom stereocenters. The quantitative estimate of drug-likeness (QED) is 0.587. The third-order valence-corrected chi connectivity index (χ3v) is 5.79. The number of hydrogen-bond acceptors (Lipinski definition) is 7. The number of amides is 1. The summed E-state index contributed by atoms with van der Waals surface area (Å²) in [6.45, 7) is 6.39. The summed E-state index contributed by atoms with van der Waals surface area (Å²) in [6.07, 6.45) is 2.76. The number of phenols is 1. The van der Waals surface area contributed by atoms with Gasteiger partial charge in [-0.05, 0) is 44.5 Å². The van der Waals surface area contributed by atoms with E-state index in [1.807, 2.05) is 13.8 Å². The molecule has 0 saturated carbocycles. The van der Waals surface area contributed by atoms with Gasteiger partial charge in [-0.1, -0.05) is 11.6 Å². The van der Waals surface area contributed by atoms with Crippen LogP contribution in [0, 0.1) is 0 Å². The Morgan fingerprint density at radius 1 is 1.26 bits per heavy atom. The number of nitrogens with zero attached hydrogens (tertiary/aromatic N) is 2. The molecule has 0 saturated heterocycles. The summed E-state index contributed by atoms with van der Waals surface area (Å²) in [6, 6.07) is 3.01. The van der Waals surface area contributed by atoms with E-state index in [1.165, 1.54) is 29.9 Å². The van der Waals surface area contributed by atoms with Gasteiger partial charge in [-0.15, -0.1) is 11.3 Å². The molecule has 2 rings (SSSR count). The molecule has 0 radical (unpaired) electrons. The number of likely N-dealkylation sites (N-methyl/N-ethyl adjacent to an activating group) is 1. The Labute approximate surface area is 188 Å². The first-order chi connectivity index (χ1) is 14.7. The zero-order valence-electron chi connectivity index (χ0n) is 17.8. The molecule has 0 aliphatic carbocycles. The molecular formula is C21H25ClN2O6S. The molecule has 0 bridgehead atoms. The fourth-order valence-electron chi connectivity index (χ4n) is 2.87. The lowest BCUT2D eigenvalue weighted by Gasteiger charge is -2.18. The number of hydrogen-bond donors (Lipinski definition) is 1. The SMILES string of the molecule is CCOC(=O)/C=c1\s/c(=C\c2cc(Cl)c(O)c(OC)c2)c(=O)n1CC(=O)N(CC)CC. The summed E-state index contributed by atoms with van der Waals surface area (Å²) in [5.74, 6) is -0.880. The molecule has 0 fully saturated rings. The van der Waals surface area contributed by atoms with E-state index in [0.717, 1.165) is 11.3 Å². The first-order valence-corrected chi connectivity index (χ1v) is 10.9. The van der Waals surface area contributed by atoms with Crippen LogP contribution in [0.1, 0.15) is 26.3 Å². The van der Waals surface area contributed by atoms with Crippen molar-refractivity contribution >= 4 is 47.0 Å². The van der Waals surface area contributed by atoms with Crippen molar-refractivity contribution in [2.45, 2.75) is 27.3 Å². The van der Waals surface area contributed by atoms with Gasteiger partial charge in [0.25, 0.3) is 5.56 Å². The van der Waals surface area contributed by atoms with E-state index >= 15 is 0 Å². The summed E-state index contributed by atoms with van der Waals surface area (Å²) < 4.78 is 11.9. The highest BCUT2D eigenvalue weighted by molar-refractivity contribution is 7.07. The van der Waals surface area contributed by atoms with E-state index in [2.05, 4.69) is 0 Å². The molecule has 0 unspecified atom stereocenters. The van der Waals surface area contributed by atoms with Crippen LogP contribution in [0.25, 0.3) is 12.2 Å². The molecule has 2 aromatic rings. The topological polar surface area (TPSA) is 98.1 Å². The first-order valence-electron chi connectivity index (χ1n) is 9.69. The maximum absolute atomic E-state index is 13.1. The van der Waals surface area contributed by atoms with Crippen LogP contribution in [-0.4, -0.2) is 53.3 Å². The average molecular weight is 469 g/mol. The van der Waals surface area contributed by atoms with Gasteiger partial charge in [0, 0.05) is 13.1 Å². The molecule has 0 spiro atoms. The molecule has 1 heterocycles. The van der Waals surface area contributed by atoms with Gasteiger partial charge >= 0.3 is 5.97 Å². The van der Waals surface area contributed by atoms with Crippen molar-refractivity contribution in [3.8, 4) is 11.5 Å². The summed E-state index contributed by atoms with van der Waals surface area (Å²) >= 11 is 7.08. The summed E-state index contributed by atoms with van der Waals surface area (Å²) in [7, 11) is 1.39. The number of carbonyl (C=O) groups excluding carboxylic acids is 2. The Hall–Kier alpha value is -2.78. The molecule has 1 aromatic heterocycles. The summed E-state index contributed by atoms with van der Waals surface area (Å²) in [5.41, 5.74) is 0.0899. The van der Waals surface area contributed by atoms with Crippen LogP contribution in [-0.2, 0) is 20.9 Å². The maximum Gasteiger partial charge on any atom is 0.333 e. The number of thiazole rings is 1. The van der Waals surface area contributed by atoms with E-state index in [-0.39, 0.29) is 40.1 Å². The minimum atomic E-state index is -0.603. The number of ether oxygens (including phenoxy) is 2. The van der Waals surface area contributed by atoms with Crippen LogP contribution in [0.15, 0.2) is 16.9 Å². The number of benzene rings is 1. The van der Waals surface area contributed by atoms with Gasteiger partial charge in [0.05, 0.1) is 29.3 Å². The van der Waals surface area contributed by atoms with Crippen molar-refractivity contribution in [3.63, 3.8) is 0 Å². The second-order valence-electron chi connectivity index (χ2n) is 6.36. The van der Waals surface area contributed by atoms with Gasteiger partial charge in [-0.25, -0.2) is 4.79 Å². The van der Waals surface area contributed by atoms with Gasteiger partial charge in [0.2, 0.25) is 5.91 Å². The second kappa shape index (κ2) is 11.0. The lowest BCUT2D eigenvalue weighted by Crippen LogP contribution is -2.40. The highest BCUT2D eigenvalue weighted by Crippen LogP contribution is 2.35. The molecule has 31 heavy (non-hydrogen) atoms. The number of aromatic nitrogens is 1. The number of halogens is 1. The molecule has 0 aliphatic heterocycles. The molecule has 8 nitrogen and oxygen atoms in total. The third kappa shape index (κ3) is 5.89. The standard InChI is InChI=1S/C21H25ClN2O6S/c1-5-23(6-2)17(25)12-24-18(11-19(26)30-7-3)31-16(21(24)28)10-13-8-14(22)20(27)15(9-13)29-4/h8-11,27H,5-7,12H2,1-4H3/b16-10-,18-11-. The number of methoxy groups -OCH3 is 1. The first kappa shape index (κ1) is 24.5. The lowest BCUT2D eigenvalue weighted by atomic mass is 10.2. The third-order valence-electron chi connectivity index (χ3n) is 4.44. The molecular weight excluding hydrogens is 444 g/mol. The van der Waals surface area contributed by atoms with E-state index in [9.17, 15) is 19.5 Å².